The summed E-state index contributed by atoms with van der Waals surface area (Å²) in [5.41, 5.74) is 0.426. The van der Waals surface area contributed by atoms with E-state index in [0.29, 0.717) is 5.57 Å². The fraction of sp³-hybridized carbons (Fsp3) is 0.550. The number of unbranched alkanes of at least 4 members (excludes halogenated alkanes) is 11. The van der Waals surface area contributed by atoms with Crippen LogP contribution in [-0.4, -0.2) is 22.2 Å². The van der Waals surface area contributed by atoms with Gasteiger partial charge in [0.05, 0.1) is 0 Å². The molecule has 44 heavy (non-hydrogen) atoms. The van der Waals surface area contributed by atoms with Crippen molar-refractivity contribution < 1.29 is 19.8 Å². The Bertz CT molecular complexity index is 942. The van der Waals surface area contributed by atoms with E-state index in [-0.39, 0.29) is 12.3 Å². The van der Waals surface area contributed by atoms with Crippen LogP contribution in [0.15, 0.2) is 96.7 Å². The largest absolute Gasteiger partial charge is 0.481 e. The summed E-state index contributed by atoms with van der Waals surface area (Å²) < 4.78 is 0. The highest BCUT2D eigenvalue weighted by molar-refractivity contribution is 5.88. The van der Waals surface area contributed by atoms with Gasteiger partial charge >= 0.3 is 11.9 Å². The quantitative estimate of drug-likeness (QED) is 0.0384. The molecule has 4 heteroatoms. The normalized spacial score (nSPS) is 13.8. The number of carboxylic acid groups (broad SMARTS) is 2. The van der Waals surface area contributed by atoms with Gasteiger partial charge in [-0.1, -0.05) is 163 Å². The number of rotatable bonds is 29. The molecule has 246 valence electrons. The van der Waals surface area contributed by atoms with Crippen LogP contribution >= 0.6 is 0 Å². The highest BCUT2D eigenvalue weighted by Gasteiger charge is 2.16. The van der Waals surface area contributed by atoms with Gasteiger partial charge in [-0.05, 0) is 57.8 Å². The van der Waals surface area contributed by atoms with Gasteiger partial charge in [0.1, 0.15) is 0 Å². The lowest BCUT2D eigenvalue weighted by Gasteiger charge is -2.12. The van der Waals surface area contributed by atoms with E-state index in [4.69, 9.17) is 5.11 Å². The zero-order chi connectivity index (χ0) is 32.4. The van der Waals surface area contributed by atoms with Gasteiger partial charge in [0.15, 0.2) is 0 Å². The summed E-state index contributed by atoms with van der Waals surface area (Å²) in [5, 5.41) is 18.4. The molecule has 0 saturated heterocycles. The minimum atomic E-state index is -0.863. The SMILES string of the molecule is CCCCCCCCCCCC=CC=CC=CC=C(C(=O)O)C(C=CCC=CCC=CCC=CCCCCC(=O)O)CCC. The van der Waals surface area contributed by atoms with Crippen LogP contribution in [0.3, 0.4) is 0 Å². The summed E-state index contributed by atoms with van der Waals surface area (Å²) in [6, 6.07) is 0. The molecule has 0 radical (unpaired) electrons. The highest BCUT2D eigenvalue weighted by Crippen LogP contribution is 2.20. The average Bonchev–Trinajstić information content (AvgIpc) is 3.00. The molecule has 0 aromatic rings. The maximum atomic E-state index is 12.0. The van der Waals surface area contributed by atoms with Gasteiger partial charge in [-0.2, -0.15) is 0 Å². The van der Waals surface area contributed by atoms with Crippen molar-refractivity contribution in [3.05, 3.63) is 96.7 Å². The van der Waals surface area contributed by atoms with Crippen LogP contribution in [0, 0.1) is 5.92 Å². The lowest BCUT2D eigenvalue weighted by molar-refractivity contribution is -0.137. The average molecular weight is 607 g/mol. The molecule has 0 aromatic heterocycles. The first-order chi connectivity index (χ1) is 21.5. The molecule has 0 spiro atoms. The maximum absolute atomic E-state index is 12.0. The van der Waals surface area contributed by atoms with Crippen molar-refractivity contribution in [1.29, 1.82) is 0 Å². The zero-order valence-corrected chi connectivity index (χ0v) is 27.9. The number of carboxylic acids is 2. The molecule has 0 aromatic carbocycles. The molecule has 0 aliphatic carbocycles. The van der Waals surface area contributed by atoms with Crippen molar-refractivity contribution in [3.8, 4) is 0 Å². The third-order valence-corrected chi connectivity index (χ3v) is 7.27. The van der Waals surface area contributed by atoms with Gasteiger partial charge in [0, 0.05) is 17.9 Å². The minimum Gasteiger partial charge on any atom is -0.481 e. The van der Waals surface area contributed by atoms with Crippen LogP contribution in [0.25, 0.3) is 0 Å². The zero-order valence-electron chi connectivity index (χ0n) is 27.9. The van der Waals surface area contributed by atoms with Gasteiger partial charge in [0.2, 0.25) is 0 Å². The molecule has 0 aliphatic rings. The smallest absolute Gasteiger partial charge is 0.332 e. The summed E-state index contributed by atoms with van der Waals surface area (Å²) >= 11 is 0. The molecule has 1 atom stereocenters. The van der Waals surface area contributed by atoms with E-state index in [9.17, 15) is 14.7 Å². The first-order valence-electron chi connectivity index (χ1n) is 17.3. The predicted octanol–water partition coefficient (Wildman–Crippen LogP) is 12.0. The van der Waals surface area contributed by atoms with E-state index in [2.05, 4.69) is 68.5 Å². The third-order valence-electron chi connectivity index (χ3n) is 7.27. The van der Waals surface area contributed by atoms with Crippen molar-refractivity contribution in [2.45, 2.75) is 136 Å². The summed E-state index contributed by atoms with van der Waals surface area (Å²) in [6.07, 6.45) is 50.9. The number of carbonyl (C=O) groups is 2. The molecule has 0 bridgehead atoms. The molecule has 0 saturated carbocycles. The molecule has 4 nitrogen and oxygen atoms in total. The minimum absolute atomic E-state index is 0.105. The molecular weight excluding hydrogens is 544 g/mol. The van der Waals surface area contributed by atoms with Gasteiger partial charge < -0.3 is 10.2 Å². The summed E-state index contributed by atoms with van der Waals surface area (Å²) in [4.78, 5) is 22.4. The van der Waals surface area contributed by atoms with Crippen LogP contribution in [-0.2, 0) is 9.59 Å². The first-order valence-corrected chi connectivity index (χ1v) is 17.3. The standard InChI is InChI=1S/C40H62O4/c1-3-5-6-7-8-9-10-11-12-13-16-19-22-25-28-31-35-38(40(43)44)37(33-4-2)34-30-27-24-21-18-15-14-17-20-23-26-29-32-36-39(41)42/h14-16,19-25,28,30-31,34-35,37H,3-13,17-18,26-27,29,32-33,36H2,1-2H3,(H,41,42)(H,43,44). The highest BCUT2D eigenvalue weighted by atomic mass is 16.4. The van der Waals surface area contributed by atoms with Crippen molar-refractivity contribution in [3.63, 3.8) is 0 Å². The molecular formula is C40H62O4. The Labute approximate surface area is 269 Å². The molecule has 2 N–H and O–H groups in total. The Morgan fingerprint density at radius 3 is 1.68 bits per heavy atom. The van der Waals surface area contributed by atoms with E-state index >= 15 is 0 Å². The molecule has 0 rings (SSSR count). The van der Waals surface area contributed by atoms with Crippen molar-refractivity contribution in [1.82, 2.24) is 0 Å². The Morgan fingerprint density at radius 1 is 0.545 bits per heavy atom. The summed E-state index contributed by atoms with van der Waals surface area (Å²) in [7, 11) is 0. The van der Waals surface area contributed by atoms with E-state index in [1.807, 2.05) is 30.4 Å². The second-order valence-electron chi connectivity index (χ2n) is 11.3. The van der Waals surface area contributed by atoms with Crippen LogP contribution in [0.4, 0.5) is 0 Å². The van der Waals surface area contributed by atoms with Crippen molar-refractivity contribution >= 4 is 11.9 Å². The fourth-order valence-electron chi connectivity index (χ4n) is 4.74. The lowest BCUT2D eigenvalue weighted by Crippen LogP contribution is -2.10. The maximum Gasteiger partial charge on any atom is 0.332 e. The first kappa shape index (κ1) is 40.9. The van der Waals surface area contributed by atoms with Crippen molar-refractivity contribution in [2.75, 3.05) is 0 Å². The number of allylic oxidation sites excluding steroid dienone is 15. The third kappa shape index (κ3) is 29.0. The Morgan fingerprint density at radius 2 is 1.07 bits per heavy atom. The van der Waals surface area contributed by atoms with E-state index in [0.717, 1.165) is 57.8 Å². The summed E-state index contributed by atoms with van der Waals surface area (Å²) in [5.74, 6) is -1.69. The van der Waals surface area contributed by atoms with E-state index in [1.54, 1.807) is 6.08 Å². The van der Waals surface area contributed by atoms with Crippen molar-refractivity contribution in [2.24, 2.45) is 5.92 Å². The Kier molecular flexibility index (Phi) is 30.4. The van der Waals surface area contributed by atoms with Crippen LogP contribution in [0.5, 0.6) is 0 Å². The number of hydrogen-bond acceptors (Lipinski definition) is 2. The van der Waals surface area contributed by atoms with Gasteiger partial charge in [0.25, 0.3) is 0 Å². The molecule has 0 amide bonds. The predicted molar refractivity (Wildman–Crippen MR) is 190 cm³/mol. The molecule has 1 unspecified atom stereocenters. The van der Waals surface area contributed by atoms with Crippen LogP contribution < -0.4 is 0 Å². The Balaban J connectivity index is 4.38. The van der Waals surface area contributed by atoms with E-state index in [1.165, 1.54) is 57.8 Å². The monoisotopic (exact) mass is 606 g/mol. The molecule has 0 fully saturated rings. The number of aliphatic carboxylic acids is 2. The van der Waals surface area contributed by atoms with Crippen LogP contribution in [0.1, 0.15) is 136 Å². The lowest BCUT2D eigenvalue weighted by atomic mass is 9.93. The van der Waals surface area contributed by atoms with Gasteiger partial charge in [-0.25, -0.2) is 4.79 Å². The van der Waals surface area contributed by atoms with Gasteiger partial charge in [-0.3, -0.25) is 4.79 Å². The molecule has 0 aliphatic heterocycles. The topological polar surface area (TPSA) is 74.6 Å². The summed E-state index contributed by atoms with van der Waals surface area (Å²) in [6.45, 7) is 4.35. The van der Waals surface area contributed by atoms with Gasteiger partial charge in [-0.15, -0.1) is 0 Å². The second-order valence-corrected chi connectivity index (χ2v) is 11.3. The number of hydrogen-bond donors (Lipinski definition) is 2. The fourth-order valence-corrected chi connectivity index (χ4v) is 4.74. The van der Waals surface area contributed by atoms with E-state index < -0.39 is 11.9 Å². The second kappa shape index (κ2) is 32.8. The Hall–Kier alpha value is -3.14. The van der Waals surface area contributed by atoms with Crippen LogP contribution in [0.2, 0.25) is 0 Å². The molecule has 0 heterocycles.